The van der Waals surface area contributed by atoms with E-state index in [1.54, 1.807) is 31.2 Å². The number of fused-ring (bicyclic) bond motifs is 1. The second-order valence-electron chi connectivity index (χ2n) is 5.88. The van der Waals surface area contributed by atoms with E-state index in [9.17, 15) is 13.2 Å². The van der Waals surface area contributed by atoms with E-state index in [4.69, 9.17) is 10.5 Å². The van der Waals surface area contributed by atoms with E-state index >= 15 is 0 Å². The van der Waals surface area contributed by atoms with Crippen LogP contribution in [-0.2, 0) is 14.8 Å². The number of hydrogen-bond acceptors (Lipinski definition) is 6. The molecule has 138 valence electrons. The van der Waals surface area contributed by atoms with Crippen LogP contribution in [0.2, 0.25) is 0 Å². The van der Waals surface area contributed by atoms with Crippen molar-refractivity contribution in [1.82, 2.24) is 4.72 Å². The third-order valence-electron chi connectivity index (χ3n) is 4.01. The van der Waals surface area contributed by atoms with Crippen LogP contribution in [0.25, 0.3) is 10.1 Å². The van der Waals surface area contributed by atoms with Crippen molar-refractivity contribution in [2.75, 3.05) is 13.2 Å². The Kier molecular flexibility index (Phi) is 6.45. The molecule has 9 heteroatoms. The lowest BCUT2D eigenvalue weighted by molar-refractivity contribution is 0.0532. The van der Waals surface area contributed by atoms with Gasteiger partial charge in [-0.25, -0.2) is 17.9 Å². The Morgan fingerprint density at radius 2 is 2.12 bits per heavy atom. The molecule has 1 unspecified atom stereocenters. The summed E-state index contributed by atoms with van der Waals surface area (Å²) in [6, 6.07) is 6.34. The molecule has 2 aromatic rings. The van der Waals surface area contributed by atoms with Crippen LogP contribution in [-0.4, -0.2) is 33.6 Å². The Bertz CT molecular complexity index is 862. The number of rotatable bonds is 7. The first-order valence-electron chi connectivity index (χ1n) is 7.86. The number of hydrogen-bond donors (Lipinski definition) is 2. The topological polar surface area (TPSA) is 98.5 Å². The first-order valence-corrected chi connectivity index (χ1v) is 10.2. The van der Waals surface area contributed by atoms with E-state index in [1.807, 2.05) is 0 Å². The summed E-state index contributed by atoms with van der Waals surface area (Å²) in [4.78, 5) is 12.4. The third-order valence-corrected chi connectivity index (χ3v) is 6.53. The summed E-state index contributed by atoms with van der Waals surface area (Å²) in [5.41, 5.74) is 5.94. The molecule has 3 N–H and O–H groups in total. The quantitative estimate of drug-likeness (QED) is 0.691. The molecule has 1 saturated carbocycles. The number of nitrogens with one attached hydrogen (secondary N) is 1. The van der Waals surface area contributed by atoms with Crippen LogP contribution in [0.1, 0.15) is 29.4 Å². The zero-order chi connectivity index (χ0) is 17.3. The van der Waals surface area contributed by atoms with Crippen LogP contribution < -0.4 is 10.5 Å². The Balaban J connectivity index is 0.00000225. The maximum atomic E-state index is 12.4. The van der Waals surface area contributed by atoms with Crippen LogP contribution in [0.5, 0.6) is 0 Å². The van der Waals surface area contributed by atoms with Gasteiger partial charge in [-0.15, -0.1) is 23.7 Å². The fourth-order valence-electron chi connectivity index (χ4n) is 2.47. The zero-order valence-electron chi connectivity index (χ0n) is 13.7. The molecule has 1 aromatic heterocycles. The van der Waals surface area contributed by atoms with Crippen molar-refractivity contribution >= 4 is 49.8 Å². The van der Waals surface area contributed by atoms with Gasteiger partial charge in [-0.3, -0.25) is 0 Å². The van der Waals surface area contributed by atoms with Crippen molar-refractivity contribution in [3.8, 4) is 0 Å². The summed E-state index contributed by atoms with van der Waals surface area (Å²) in [6.45, 7) is 2.29. The second kappa shape index (κ2) is 8.01. The Morgan fingerprint density at radius 1 is 1.40 bits per heavy atom. The molecule has 0 bridgehead atoms. The summed E-state index contributed by atoms with van der Waals surface area (Å²) in [7, 11) is -3.62. The molecule has 1 aromatic carbocycles. The molecule has 1 fully saturated rings. The van der Waals surface area contributed by atoms with E-state index in [0.29, 0.717) is 22.8 Å². The number of benzene rings is 1. The monoisotopic (exact) mass is 404 g/mol. The highest BCUT2D eigenvalue weighted by atomic mass is 35.5. The number of halogens is 1. The summed E-state index contributed by atoms with van der Waals surface area (Å²) < 4.78 is 33.2. The lowest BCUT2D eigenvalue weighted by Crippen LogP contribution is -2.38. The molecule has 1 atom stereocenters. The van der Waals surface area contributed by atoms with Gasteiger partial charge in [-0.05, 0) is 55.3 Å². The Labute approximate surface area is 157 Å². The number of nitrogens with two attached hydrogens (primary N) is 1. The SMILES string of the molecule is CCOC(=O)c1cc2cc(S(=O)(=O)NCC(N)C3CC3)ccc2s1.Cl. The number of ether oxygens (including phenoxy) is 1. The van der Waals surface area contributed by atoms with E-state index in [-0.39, 0.29) is 29.9 Å². The maximum absolute atomic E-state index is 12.4. The van der Waals surface area contributed by atoms with Gasteiger partial charge in [0.15, 0.2) is 0 Å². The average molecular weight is 405 g/mol. The second-order valence-corrected chi connectivity index (χ2v) is 8.73. The van der Waals surface area contributed by atoms with E-state index in [2.05, 4.69) is 4.72 Å². The average Bonchev–Trinajstić information content (AvgIpc) is 3.31. The van der Waals surface area contributed by atoms with Crippen molar-refractivity contribution in [3.63, 3.8) is 0 Å². The minimum Gasteiger partial charge on any atom is -0.462 e. The van der Waals surface area contributed by atoms with Crippen molar-refractivity contribution < 1.29 is 17.9 Å². The minimum absolute atomic E-state index is 0. The molecule has 0 aliphatic heterocycles. The highest BCUT2D eigenvalue weighted by Crippen LogP contribution is 2.31. The predicted molar refractivity (Wildman–Crippen MR) is 101 cm³/mol. The molecule has 1 heterocycles. The van der Waals surface area contributed by atoms with Gasteiger partial charge >= 0.3 is 5.97 Å². The van der Waals surface area contributed by atoms with Crippen molar-refractivity contribution in [3.05, 3.63) is 29.1 Å². The molecular weight excluding hydrogens is 384 g/mol. The van der Waals surface area contributed by atoms with E-state index in [1.165, 1.54) is 11.3 Å². The number of sulfonamides is 1. The molecule has 0 amide bonds. The Morgan fingerprint density at radius 3 is 2.76 bits per heavy atom. The molecule has 0 spiro atoms. The molecule has 1 aliphatic rings. The number of carbonyl (C=O) groups excluding carboxylic acids is 1. The summed E-state index contributed by atoms with van der Waals surface area (Å²) >= 11 is 1.29. The summed E-state index contributed by atoms with van der Waals surface area (Å²) in [5, 5.41) is 0.706. The molecule has 0 saturated heterocycles. The van der Waals surface area contributed by atoms with Crippen LogP contribution >= 0.6 is 23.7 Å². The molecule has 25 heavy (non-hydrogen) atoms. The number of esters is 1. The van der Waals surface area contributed by atoms with Gasteiger partial charge in [-0.2, -0.15) is 0 Å². The van der Waals surface area contributed by atoms with Crippen LogP contribution in [0.15, 0.2) is 29.2 Å². The Hall–Kier alpha value is -1.19. The zero-order valence-corrected chi connectivity index (χ0v) is 16.2. The fourth-order valence-corrected chi connectivity index (χ4v) is 4.52. The van der Waals surface area contributed by atoms with Crippen LogP contribution in [0, 0.1) is 5.92 Å². The lowest BCUT2D eigenvalue weighted by Gasteiger charge is -2.12. The largest absolute Gasteiger partial charge is 0.462 e. The first kappa shape index (κ1) is 20.1. The van der Waals surface area contributed by atoms with E-state index in [0.717, 1.165) is 17.5 Å². The van der Waals surface area contributed by atoms with Gasteiger partial charge in [0.2, 0.25) is 10.0 Å². The van der Waals surface area contributed by atoms with Crippen LogP contribution in [0.3, 0.4) is 0 Å². The van der Waals surface area contributed by atoms with Gasteiger partial charge in [-0.1, -0.05) is 0 Å². The predicted octanol–water partition coefficient (Wildman–Crippen LogP) is 2.52. The van der Waals surface area contributed by atoms with Gasteiger partial charge in [0.05, 0.1) is 11.5 Å². The van der Waals surface area contributed by atoms with Gasteiger partial charge in [0.1, 0.15) is 4.88 Å². The molecule has 1 aliphatic carbocycles. The highest BCUT2D eigenvalue weighted by molar-refractivity contribution is 7.89. The van der Waals surface area contributed by atoms with Crippen LogP contribution in [0.4, 0.5) is 0 Å². The van der Waals surface area contributed by atoms with Crippen molar-refractivity contribution in [2.24, 2.45) is 11.7 Å². The normalized spacial score (nSPS) is 15.6. The third kappa shape index (κ3) is 4.71. The highest BCUT2D eigenvalue weighted by Gasteiger charge is 2.29. The van der Waals surface area contributed by atoms with Gasteiger partial charge in [0, 0.05) is 17.3 Å². The first-order chi connectivity index (χ1) is 11.4. The standard InChI is InChI=1S/C16H20N2O4S2.ClH/c1-2-22-16(19)15-8-11-7-12(5-6-14(11)23-15)24(20,21)18-9-13(17)10-3-4-10;/h5-8,10,13,18H,2-4,9,17H2,1H3;1H. The number of carbonyl (C=O) groups is 1. The van der Waals surface area contributed by atoms with Gasteiger partial charge < -0.3 is 10.5 Å². The summed E-state index contributed by atoms with van der Waals surface area (Å²) in [5.74, 6) is 0.0378. The van der Waals surface area contributed by atoms with E-state index < -0.39 is 16.0 Å². The van der Waals surface area contributed by atoms with Crippen molar-refractivity contribution in [1.29, 1.82) is 0 Å². The lowest BCUT2D eigenvalue weighted by atomic mass is 10.2. The number of thiophene rings is 1. The van der Waals surface area contributed by atoms with Crippen molar-refractivity contribution in [2.45, 2.75) is 30.7 Å². The fraction of sp³-hybridized carbons (Fsp3) is 0.438. The maximum Gasteiger partial charge on any atom is 0.348 e. The molecule has 0 radical (unpaired) electrons. The molecule has 3 rings (SSSR count). The minimum atomic E-state index is -3.62. The van der Waals surface area contributed by atoms with Gasteiger partial charge in [0.25, 0.3) is 0 Å². The summed E-state index contributed by atoms with van der Waals surface area (Å²) in [6.07, 6.45) is 2.14. The molecule has 6 nitrogen and oxygen atoms in total. The smallest absolute Gasteiger partial charge is 0.348 e. The molecular formula is C16H21ClN2O4S2.